The number of urea groups is 1. The quantitative estimate of drug-likeness (QED) is 0.337. The molecule has 1 aliphatic carbocycles. The third-order valence-corrected chi connectivity index (χ3v) is 7.17. The summed E-state index contributed by atoms with van der Waals surface area (Å²) in [5, 5.41) is 14.0. The lowest BCUT2D eigenvalue weighted by atomic mass is 10.1. The second kappa shape index (κ2) is 12.3. The summed E-state index contributed by atoms with van der Waals surface area (Å²) in [7, 11) is 0. The highest BCUT2D eigenvalue weighted by atomic mass is 19.1. The fraction of sp³-hybridized carbons (Fsp3) is 0.448. The van der Waals surface area contributed by atoms with Crippen LogP contribution in [0.25, 0.3) is 10.9 Å². The molecule has 1 heterocycles. The van der Waals surface area contributed by atoms with Gasteiger partial charge in [0, 0.05) is 35.3 Å². The first kappa shape index (κ1) is 28.1. The number of anilines is 1. The van der Waals surface area contributed by atoms with E-state index in [4.69, 9.17) is 0 Å². The van der Waals surface area contributed by atoms with E-state index in [-0.39, 0.29) is 55.4 Å². The van der Waals surface area contributed by atoms with Crippen LogP contribution in [0.3, 0.4) is 0 Å². The molecule has 0 saturated heterocycles. The second-order valence-corrected chi connectivity index (χ2v) is 10.2. The molecule has 1 fully saturated rings. The molecule has 4 amide bonds. The molecule has 1 aliphatic rings. The van der Waals surface area contributed by atoms with Gasteiger partial charge in [0.1, 0.15) is 12.4 Å². The molecule has 0 unspecified atom stereocenters. The summed E-state index contributed by atoms with van der Waals surface area (Å²) in [6, 6.07) is 10.4. The van der Waals surface area contributed by atoms with Crippen LogP contribution in [0.2, 0.25) is 0 Å². The lowest BCUT2D eigenvalue weighted by Crippen LogP contribution is -2.43. The molecule has 4 rings (SSSR count). The summed E-state index contributed by atoms with van der Waals surface area (Å²) in [6.45, 7) is 7.56. The zero-order valence-electron chi connectivity index (χ0n) is 23.0. The van der Waals surface area contributed by atoms with E-state index in [1.165, 1.54) is 0 Å². The predicted octanol–water partition coefficient (Wildman–Crippen LogP) is 4.41. The Balaban J connectivity index is 1.40. The van der Waals surface area contributed by atoms with E-state index in [1.807, 2.05) is 32.9 Å². The number of carbonyl (C=O) groups excluding carboxylic acids is 3. The molecule has 0 aliphatic heterocycles. The number of nitrogens with zero attached hydrogens (tertiary/aromatic N) is 3. The van der Waals surface area contributed by atoms with Crippen LogP contribution >= 0.6 is 0 Å². The van der Waals surface area contributed by atoms with Crippen molar-refractivity contribution in [3.63, 3.8) is 0 Å². The first-order valence-electron chi connectivity index (χ1n) is 13.5. The molecular formula is C29H37FN6O3. The summed E-state index contributed by atoms with van der Waals surface area (Å²) in [5.74, 6) is -0.871. The summed E-state index contributed by atoms with van der Waals surface area (Å²) < 4.78 is 15.9. The molecule has 0 radical (unpaired) electrons. The average molecular weight is 537 g/mol. The van der Waals surface area contributed by atoms with Crippen molar-refractivity contribution in [3.8, 4) is 0 Å². The van der Waals surface area contributed by atoms with Gasteiger partial charge in [-0.05, 0) is 63.3 Å². The number of hydrogen-bond acceptors (Lipinski definition) is 4. The van der Waals surface area contributed by atoms with Crippen LogP contribution < -0.4 is 16.0 Å². The van der Waals surface area contributed by atoms with Crippen molar-refractivity contribution >= 4 is 34.4 Å². The third-order valence-electron chi connectivity index (χ3n) is 7.17. The number of aromatic nitrogens is 2. The van der Waals surface area contributed by atoms with Gasteiger partial charge in [-0.15, -0.1) is 0 Å². The number of hydrogen-bond donors (Lipinski definition) is 3. The van der Waals surface area contributed by atoms with Crippen LogP contribution in [-0.2, 0) is 22.7 Å². The Labute approximate surface area is 228 Å². The number of fused-ring (bicyclic) bond motifs is 1. The van der Waals surface area contributed by atoms with Crippen molar-refractivity contribution in [2.45, 2.75) is 78.6 Å². The van der Waals surface area contributed by atoms with Crippen LogP contribution in [0.5, 0.6) is 0 Å². The normalized spacial score (nSPS) is 13.0. The highest BCUT2D eigenvalue weighted by Crippen LogP contribution is 2.28. The molecule has 208 valence electrons. The van der Waals surface area contributed by atoms with Crippen molar-refractivity contribution in [2.24, 2.45) is 0 Å². The smallest absolute Gasteiger partial charge is 0.319 e. The largest absolute Gasteiger partial charge is 0.350 e. The Morgan fingerprint density at radius 2 is 1.87 bits per heavy atom. The van der Waals surface area contributed by atoms with E-state index >= 15 is 0 Å². The van der Waals surface area contributed by atoms with Crippen molar-refractivity contribution < 1.29 is 18.8 Å². The number of halogens is 1. The second-order valence-electron chi connectivity index (χ2n) is 10.2. The third kappa shape index (κ3) is 6.93. The lowest BCUT2D eigenvalue weighted by Gasteiger charge is -2.22. The van der Waals surface area contributed by atoms with E-state index in [2.05, 4.69) is 21.0 Å². The van der Waals surface area contributed by atoms with Crippen molar-refractivity contribution in [3.05, 3.63) is 59.0 Å². The minimum Gasteiger partial charge on any atom is -0.350 e. The Morgan fingerprint density at radius 3 is 2.56 bits per heavy atom. The van der Waals surface area contributed by atoms with Gasteiger partial charge in [-0.1, -0.05) is 32.0 Å². The lowest BCUT2D eigenvalue weighted by molar-refractivity contribution is -0.137. The zero-order chi connectivity index (χ0) is 28.1. The molecule has 3 aromatic rings. The van der Waals surface area contributed by atoms with Crippen LogP contribution in [0, 0.1) is 19.7 Å². The van der Waals surface area contributed by atoms with Gasteiger partial charge in [-0.2, -0.15) is 5.10 Å². The van der Waals surface area contributed by atoms with E-state index in [9.17, 15) is 18.8 Å². The number of nitrogens with one attached hydrogen (secondary N) is 3. The maximum absolute atomic E-state index is 14.3. The molecular weight excluding hydrogens is 499 g/mol. The van der Waals surface area contributed by atoms with E-state index in [0.717, 1.165) is 42.3 Å². The van der Waals surface area contributed by atoms with Crippen molar-refractivity contribution in [1.82, 2.24) is 25.3 Å². The molecule has 0 atom stereocenters. The highest BCUT2D eigenvalue weighted by molar-refractivity contribution is 5.94. The van der Waals surface area contributed by atoms with Crippen molar-refractivity contribution in [1.29, 1.82) is 0 Å². The number of carbonyl (C=O) groups is 3. The fourth-order valence-corrected chi connectivity index (χ4v) is 4.66. The summed E-state index contributed by atoms with van der Waals surface area (Å²) in [4.78, 5) is 39.9. The van der Waals surface area contributed by atoms with Crippen LogP contribution in [0.1, 0.15) is 56.4 Å². The molecule has 3 N–H and O–H groups in total. The minimum atomic E-state index is -0.334. The van der Waals surface area contributed by atoms with Gasteiger partial charge in [0.2, 0.25) is 11.8 Å². The van der Waals surface area contributed by atoms with Gasteiger partial charge in [0.15, 0.2) is 0 Å². The van der Waals surface area contributed by atoms with Gasteiger partial charge >= 0.3 is 6.03 Å². The van der Waals surface area contributed by atoms with Gasteiger partial charge in [-0.3, -0.25) is 14.3 Å². The summed E-state index contributed by atoms with van der Waals surface area (Å²) in [5.41, 5.74) is 3.07. The standard InChI is InChI=1S/C29H37FN6O3/c1-5-21(6-2)32-29(39)33-22-10-13-25-24(14-22)19(4)34-36(25)17-27(38)35(23-11-12-23)16-26(37)31-15-20-9-7-8-18(3)28(20)30/h7-10,13-14,21,23H,5-6,11-12,15-17H2,1-4H3,(H,31,37)(H2,32,33,39). The topological polar surface area (TPSA) is 108 Å². The number of rotatable bonds is 11. The van der Waals surface area contributed by atoms with Gasteiger partial charge in [0.25, 0.3) is 0 Å². The number of benzene rings is 2. The molecule has 2 aromatic carbocycles. The van der Waals surface area contributed by atoms with Gasteiger partial charge in [0.05, 0.1) is 17.8 Å². The first-order valence-corrected chi connectivity index (χ1v) is 13.5. The minimum absolute atomic E-state index is 0.0113. The van der Waals surface area contributed by atoms with Gasteiger partial charge in [-0.25, -0.2) is 9.18 Å². The molecule has 9 nitrogen and oxygen atoms in total. The maximum atomic E-state index is 14.3. The molecule has 0 bridgehead atoms. The zero-order valence-corrected chi connectivity index (χ0v) is 23.0. The molecule has 10 heteroatoms. The molecule has 1 aromatic heterocycles. The predicted molar refractivity (Wildman–Crippen MR) is 149 cm³/mol. The Hall–Kier alpha value is -3.95. The fourth-order valence-electron chi connectivity index (χ4n) is 4.66. The Morgan fingerprint density at radius 1 is 1.13 bits per heavy atom. The number of amides is 4. The van der Waals surface area contributed by atoms with Crippen LogP contribution in [0.4, 0.5) is 14.9 Å². The maximum Gasteiger partial charge on any atom is 0.319 e. The summed E-state index contributed by atoms with van der Waals surface area (Å²) in [6.07, 6.45) is 3.40. The van der Waals surface area contributed by atoms with E-state index in [0.29, 0.717) is 16.8 Å². The first-order chi connectivity index (χ1) is 18.7. The van der Waals surface area contributed by atoms with E-state index in [1.54, 1.807) is 40.8 Å². The molecule has 0 spiro atoms. The molecule has 1 saturated carbocycles. The highest BCUT2D eigenvalue weighted by Gasteiger charge is 2.34. The summed E-state index contributed by atoms with van der Waals surface area (Å²) >= 11 is 0. The monoisotopic (exact) mass is 536 g/mol. The van der Waals surface area contributed by atoms with Gasteiger partial charge < -0.3 is 20.9 Å². The van der Waals surface area contributed by atoms with Crippen molar-refractivity contribution in [2.75, 3.05) is 11.9 Å². The van der Waals surface area contributed by atoms with Crippen LogP contribution in [0.15, 0.2) is 36.4 Å². The molecule has 39 heavy (non-hydrogen) atoms. The number of aryl methyl sites for hydroxylation is 2. The van der Waals surface area contributed by atoms with E-state index < -0.39 is 0 Å². The SMILES string of the molecule is CCC(CC)NC(=O)Nc1ccc2c(c1)c(C)nn2CC(=O)N(CC(=O)NCc1cccc(C)c1F)C1CC1. The Kier molecular flexibility index (Phi) is 8.83. The average Bonchev–Trinajstić information content (AvgIpc) is 3.71. The van der Waals surface area contributed by atoms with Crippen LogP contribution in [-0.4, -0.2) is 51.2 Å². The Bertz CT molecular complexity index is 1360.